The summed E-state index contributed by atoms with van der Waals surface area (Å²) in [5, 5.41) is 16.2. The van der Waals surface area contributed by atoms with Crippen molar-refractivity contribution in [3.05, 3.63) is 67.9 Å². The highest BCUT2D eigenvalue weighted by molar-refractivity contribution is 7.99. The molecule has 2 aromatic carbocycles. The molecule has 0 spiro atoms. The predicted molar refractivity (Wildman–Crippen MR) is 138 cm³/mol. The van der Waals surface area contributed by atoms with Crippen molar-refractivity contribution in [1.29, 1.82) is 0 Å². The fourth-order valence-corrected chi connectivity index (χ4v) is 4.38. The first-order valence-electron chi connectivity index (χ1n) is 10.1. The Hall–Kier alpha value is -1.97. The molecule has 12 heteroatoms. The lowest BCUT2D eigenvalue weighted by atomic mass is 10.0. The topological polar surface area (TPSA) is 88.9 Å². The van der Waals surface area contributed by atoms with E-state index in [1.54, 1.807) is 41.9 Å². The molecule has 180 valence electrons. The van der Waals surface area contributed by atoms with Crippen molar-refractivity contribution in [2.45, 2.75) is 25.0 Å². The van der Waals surface area contributed by atoms with Crippen LogP contribution in [0, 0.1) is 5.92 Å². The zero-order valence-corrected chi connectivity index (χ0v) is 22.2. The average molecular weight is 561 g/mol. The molecule has 0 bridgehead atoms. The summed E-state index contributed by atoms with van der Waals surface area (Å²) < 4.78 is 1.75. The van der Waals surface area contributed by atoms with E-state index in [2.05, 4.69) is 20.8 Å². The maximum Gasteiger partial charge on any atom is 0.251 e. The van der Waals surface area contributed by atoms with Crippen molar-refractivity contribution in [3.8, 4) is 0 Å². The standard InChI is InChI=1S/C22H21Cl4N5O2S/c1-11(2)19(28-21(33)12-4-6-14(24)16(26)8-12)20-29-30-22(31(20)3)34-10-18(32)27-17-9-13(23)5-7-15(17)25/h4-9,11,19H,10H2,1-3H3,(H,27,32)(H,28,33)/t19-/m1/s1. The molecule has 1 aromatic heterocycles. The zero-order valence-electron chi connectivity index (χ0n) is 18.4. The summed E-state index contributed by atoms with van der Waals surface area (Å²) in [6.07, 6.45) is 0. The Balaban J connectivity index is 1.68. The third kappa shape index (κ3) is 6.58. The monoisotopic (exact) mass is 559 g/mol. The van der Waals surface area contributed by atoms with Gasteiger partial charge in [-0.25, -0.2) is 0 Å². The van der Waals surface area contributed by atoms with Crippen LogP contribution in [0.2, 0.25) is 20.1 Å². The summed E-state index contributed by atoms with van der Waals surface area (Å²) in [6.45, 7) is 3.92. The number of rotatable bonds is 8. The van der Waals surface area contributed by atoms with Crippen LogP contribution in [-0.4, -0.2) is 32.3 Å². The van der Waals surface area contributed by atoms with Crippen molar-refractivity contribution in [2.24, 2.45) is 13.0 Å². The quantitative estimate of drug-likeness (QED) is 0.316. The number of carbonyl (C=O) groups is 2. The number of thioether (sulfide) groups is 1. The predicted octanol–water partition coefficient (Wildman–Crippen LogP) is 6.29. The van der Waals surface area contributed by atoms with Crippen LogP contribution in [0.1, 0.15) is 36.1 Å². The van der Waals surface area contributed by atoms with Crippen LogP contribution >= 0.6 is 58.2 Å². The molecule has 0 aliphatic carbocycles. The van der Waals surface area contributed by atoms with Crippen molar-refractivity contribution in [1.82, 2.24) is 20.1 Å². The molecule has 0 radical (unpaired) electrons. The maximum absolute atomic E-state index is 12.8. The van der Waals surface area contributed by atoms with E-state index in [1.807, 2.05) is 13.8 Å². The van der Waals surface area contributed by atoms with Gasteiger partial charge in [-0.05, 0) is 42.3 Å². The number of hydrogen-bond donors (Lipinski definition) is 2. The van der Waals surface area contributed by atoms with Gasteiger partial charge in [0, 0.05) is 17.6 Å². The largest absolute Gasteiger partial charge is 0.342 e. The summed E-state index contributed by atoms with van der Waals surface area (Å²) in [4.78, 5) is 25.2. The maximum atomic E-state index is 12.8. The molecular formula is C22H21Cl4N5O2S. The molecule has 0 saturated carbocycles. The lowest BCUT2D eigenvalue weighted by Crippen LogP contribution is -2.33. The first kappa shape index (κ1) is 26.6. The van der Waals surface area contributed by atoms with Gasteiger partial charge in [-0.15, -0.1) is 10.2 Å². The van der Waals surface area contributed by atoms with Gasteiger partial charge in [-0.2, -0.15) is 0 Å². The molecule has 0 aliphatic heterocycles. The van der Waals surface area contributed by atoms with Gasteiger partial charge in [-0.1, -0.05) is 72.0 Å². The number of benzene rings is 2. The van der Waals surface area contributed by atoms with E-state index >= 15 is 0 Å². The molecule has 1 heterocycles. The van der Waals surface area contributed by atoms with Gasteiger partial charge >= 0.3 is 0 Å². The van der Waals surface area contributed by atoms with E-state index in [-0.39, 0.29) is 23.5 Å². The van der Waals surface area contributed by atoms with Gasteiger partial charge in [0.15, 0.2) is 11.0 Å². The van der Waals surface area contributed by atoms with E-state index in [0.29, 0.717) is 42.3 Å². The summed E-state index contributed by atoms with van der Waals surface area (Å²) in [7, 11) is 1.78. The summed E-state index contributed by atoms with van der Waals surface area (Å²) in [5.74, 6) is 0.0702. The summed E-state index contributed by atoms with van der Waals surface area (Å²) >= 11 is 25.3. The SMILES string of the molecule is CC(C)[C@@H](NC(=O)c1ccc(Cl)c(Cl)c1)c1nnc(SCC(=O)Nc2cc(Cl)ccc2Cl)n1C. The van der Waals surface area contributed by atoms with E-state index in [4.69, 9.17) is 46.4 Å². The van der Waals surface area contributed by atoms with Gasteiger partial charge in [0.1, 0.15) is 0 Å². The second-order valence-electron chi connectivity index (χ2n) is 7.68. The van der Waals surface area contributed by atoms with Gasteiger partial charge < -0.3 is 15.2 Å². The molecule has 2 amide bonds. The smallest absolute Gasteiger partial charge is 0.251 e. The number of anilines is 1. The lowest BCUT2D eigenvalue weighted by Gasteiger charge is -2.22. The number of nitrogens with zero attached hydrogens (tertiary/aromatic N) is 3. The van der Waals surface area contributed by atoms with Crippen LogP contribution in [0.25, 0.3) is 0 Å². The molecule has 34 heavy (non-hydrogen) atoms. The van der Waals surface area contributed by atoms with Crippen LogP contribution in [0.3, 0.4) is 0 Å². The molecule has 0 fully saturated rings. The minimum Gasteiger partial charge on any atom is -0.342 e. The molecular weight excluding hydrogens is 540 g/mol. The van der Waals surface area contributed by atoms with Gasteiger partial charge in [0.05, 0.1) is 32.5 Å². The molecule has 3 aromatic rings. The van der Waals surface area contributed by atoms with Crippen molar-refractivity contribution < 1.29 is 9.59 Å². The number of hydrogen-bond acceptors (Lipinski definition) is 5. The molecule has 0 aliphatic rings. The first-order valence-corrected chi connectivity index (χ1v) is 12.6. The third-order valence-corrected chi connectivity index (χ3v) is 7.14. The fraction of sp³-hybridized carbons (Fsp3) is 0.273. The molecule has 2 N–H and O–H groups in total. The van der Waals surface area contributed by atoms with E-state index < -0.39 is 6.04 Å². The Morgan fingerprint density at radius 2 is 1.71 bits per heavy atom. The molecule has 0 unspecified atom stereocenters. The zero-order chi connectivity index (χ0) is 25.0. The second kappa shape index (κ2) is 11.6. The molecule has 1 atom stereocenters. The Morgan fingerprint density at radius 1 is 1.00 bits per heavy atom. The van der Waals surface area contributed by atoms with Crippen LogP contribution in [-0.2, 0) is 11.8 Å². The number of carbonyl (C=O) groups excluding carboxylic acids is 2. The normalized spacial score (nSPS) is 12.0. The van der Waals surface area contributed by atoms with Gasteiger partial charge in [0.25, 0.3) is 5.91 Å². The van der Waals surface area contributed by atoms with Crippen molar-refractivity contribution >= 4 is 75.7 Å². The minimum atomic E-state index is -0.423. The number of halogens is 4. The summed E-state index contributed by atoms with van der Waals surface area (Å²) in [6, 6.07) is 9.09. The summed E-state index contributed by atoms with van der Waals surface area (Å²) in [5.41, 5.74) is 0.816. The van der Waals surface area contributed by atoms with Crippen LogP contribution in [0.15, 0.2) is 41.6 Å². The van der Waals surface area contributed by atoms with Gasteiger partial charge in [-0.3, -0.25) is 9.59 Å². The van der Waals surface area contributed by atoms with Gasteiger partial charge in [0.2, 0.25) is 5.91 Å². The van der Waals surface area contributed by atoms with Crippen LogP contribution in [0.5, 0.6) is 0 Å². The number of amides is 2. The van der Waals surface area contributed by atoms with E-state index in [1.165, 1.54) is 17.8 Å². The van der Waals surface area contributed by atoms with Crippen LogP contribution < -0.4 is 10.6 Å². The van der Waals surface area contributed by atoms with Crippen LogP contribution in [0.4, 0.5) is 5.69 Å². The Kier molecular flexibility index (Phi) is 9.12. The second-order valence-corrected chi connectivity index (χ2v) is 10.3. The molecule has 3 rings (SSSR count). The van der Waals surface area contributed by atoms with Crippen molar-refractivity contribution in [3.63, 3.8) is 0 Å². The number of nitrogens with one attached hydrogen (secondary N) is 2. The third-order valence-electron chi connectivity index (χ3n) is 4.82. The average Bonchev–Trinajstić information content (AvgIpc) is 3.14. The lowest BCUT2D eigenvalue weighted by molar-refractivity contribution is -0.113. The molecule has 0 saturated heterocycles. The Bertz CT molecular complexity index is 1220. The first-order chi connectivity index (χ1) is 16.1. The minimum absolute atomic E-state index is 0.0146. The Labute approximate surface area is 221 Å². The Morgan fingerprint density at radius 3 is 2.38 bits per heavy atom. The van der Waals surface area contributed by atoms with E-state index in [9.17, 15) is 9.59 Å². The highest BCUT2D eigenvalue weighted by Gasteiger charge is 2.25. The van der Waals surface area contributed by atoms with Crippen molar-refractivity contribution in [2.75, 3.05) is 11.1 Å². The molecule has 7 nitrogen and oxygen atoms in total. The highest BCUT2D eigenvalue weighted by Crippen LogP contribution is 2.28. The van der Waals surface area contributed by atoms with E-state index in [0.717, 1.165) is 0 Å². The highest BCUT2D eigenvalue weighted by atomic mass is 35.5. The number of aromatic nitrogens is 3. The fourth-order valence-electron chi connectivity index (χ4n) is 3.02.